The van der Waals surface area contributed by atoms with Gasteiger partial charge in [0, 0.05) is 13.2 Å². The Morgan fingerprint density at radius 3 is 2.04 bits per heavy atom. The molecule has 2 heteroatoms. The van der Waals surface area contributed by atoms with E-state index in [1.165, 1.54) is 48.2 Å². The fourth-order valence-electron chi connectivity index (χ4n) is 4.18. The summed E-state index contributed by atoms with van der Waals surface area (Å²) in [7, 11) is 0. The van der Waals surface area contributed by atoms with Gasteiger partial charge in [-0.15, -0.1) is 0 Å². The van der Waals surface area contributed by atoms with Crippen molar-refractivity contribution in [3.05, 3.63) is 59.7 Å². The van der Waals surface area contributed by atoms with Crippen LogP contribution < -0.4 is 0 Å². The first kappa shape index (κ1) is 14.9. The fourth-order valence-corrected chi connectivity index (χ4v) is 4.18. The summed E-state index contributed by atoms with van der Waals surface area (Å²) in [5, 5.41) is 0. The van der Waals surface area contributed by atoms with E-state index in [2.05, 4.69) is 60.4 Å². The Balaban J connectivity index is 1.58. The third-order valence-electron chi connectivity index (χ3n) is 5.37. The number of hydrogen-bond acceptors (Lipinski definition) is 2. The Morgan fingerprint density at radius 1 is 0.913 bits per heavy atom. The first-order chi connectivity index (χ1) is 11.4. The highest BCUT2D eigenvalue weighted by Gasteiger charge is 2.34. The van der Waals surface area contributed by atoms with Gasteiger partial charge in [-0.1, -0.05) is 48.5 Å². The van der Waals surface area contributed by atoms with Gasteiger partial charge < -0.3 is 4.74 Å². The normalized spacial score (nSPS) is 18.8. The van der Waals surface area contributed by atoms with Gasteiger partial charge in [0.2, 0.25) is 0 Å². The molecule has 1 heterocycles. The monoisotopic (exact) mass is 307 g/mol. The van der Waals surface area contributed by atoms with E-state index >= 15 is 0 Å². The van der Waals surface area contributed by atoms with E-state index in [9.17, 15) is 0 Å². The molecule has 0 saturated carbocycles. The molecular formula is C21H25NO. The van der Waals surface area contributed by atoms with Gasteiger partial charge in [-0.25, -0.2) is 0 Å². The van der Waals surface area contributed by atoms with Crippen LogP contribution in [-0.4, -0.2) is 31.2 Å². The summed E-state index contributed by atoms with van der Waals surface area (Å²) in [6.45, 7) is 6.20. The molecule has 1 aliphatic heterocycles. The minimum atomic E-state index is 0.440. The summed E-state index contributed by atoms with van der Waals surface area (Å²) < 4.78 is 5.63. The molecule has 0 radical (unpaired) electrons. The predicted molar refractivity (Wildman–Crippen MR) is 94.5 cm³/mol. The Bertz CT molecular complexity index is 628. The summed E-state index contributed by atoms with van der Waals surface area (Å²) >= 11 is 0. The van der Waals surface area contributed by atoms with Crippen LogP contribution in [0.1, 0.15) is 36.9 Å². The second-order valence-corrected chi connectivity index (χ2v) is 6.72. The van der Waals surface area contributed by atoms with Crippen molar-refractivity contribution in [3.8, 4) is 11.1 Å². The number of ether oxygens (including phenoxy) is 1. The lowest BCUT2D eigenvalue weighted by molar-refractivity contribution is 0.0666. The molecule has 4 rings (SSSR count). The van der Waals surface area contributed by atoms with Crippen molar-refractivity contribution in [2.24, 2.45) is 5.92 Å². The average Bonchev–Trinajstić information content (AvgIpc) is 2.95. The SMILES string of the molecule is CCOCC1CCN(C2c3ccccc3-c3ccccc32)CC1. The highest BCUT2D eigenvalue weighted by molar-refractivity contribution is 5.78. The third kappa shape index (κ3) is 2.71. The molecular weight excluding hydrogens is 282 g/mol. The van der Waals surface area contributed by atoms with Gasteiger partial charge in [0.1, 0.15) is 0 Å². The van der Waals surface area contributed by atoms with Crippen molar-refractivity contribution in [3.63, 3.8) is 0 Å². The van der Waals surface area contributed by atoms with Gasteiger partial charge in [0.15, 0.2) is 0 Å². The number of likely N-dealkylation sites (tertiary alicyclic amines) is 1. The van der Waals surface area contributed by atoms with Gasteiger partial charge in [-0.05, 0) is 61.0 Å². The van der Waals surface area contributed by atoms with Crippen LogP contribution in [0.3, 0.4) is 0 Å². The minimum Gasteiger partial charge on any atom is -0.381 e. The molecule has 2 aromatic carbocycles. The van der Waals surface area contributed by atoms with Gasteiger partial charge in [0.25, 0.3) is 0 Å². The average molecular weight is 307 g/mol. The van der Waals surface area contributed by atoms with E-state index in [-0.39, 0.29) is 0 Å². The zero-order chi connectivity index (χ0) is 15.6. The second-order valence-electron chi connectivity index (χ2n) is 6.72. The molecule has 2 aliphatic rings. The van der Waals surface area contributed by atoms with Crippen LogP contribution in [0.2, 0.25) is 0 Å². The Kier molecular flexibility index (Phi) is 4.19. The quantitative estimate of drug-likeness (QED) is 0.824. The highest BCUT2D eigenvalue weighted by Crippen LogP contribution is 2.46. The van der Waals surface area contributed by atoms with Crippen LogP contribution in [0, 0.1) is 5.92 Å². The third-order valence-corrected chi connectivity index (χ3v) is 5.37. The van der Waals surface area contributed by atoms with Gasteiger partial charge in [0.05, 0.1) is 6.04 Å². The minimum absolute atomic E-state index is 0.440. The molecule has 23 heavy (non-hydrogen) atoms. The summed E-state index contributed by atoms with van der Waals surface area (Å²) in [5.41, 5.74) is 5.81. The fraction of sp³-hybridized carbons (Fsp3) is 0.429. The van der Waals surface area contributed by atoms with Crippen LogP contribution in [0.4, 0.5) is 0 Å². The zero-order valence-electron chi connectivity index (χ0n) is 13.9. The molecule has 0 atom stereocenters. The largest absolute Gasteiger partial charge is 0.381 e. The summed E-state index contributed by atoms with van der Waals surface area (Å²) in [6.07, 6.45) is 2.50. The lowest BCUT2D eigenvalue weighted by Gasteiger charge is -2.36. The molecule has 2 aromatic rings. The van der Waals surface area contributed by atoms with E-state index in [0.717, 1.165) is 19.1 Å². The Labute approximate surface area is 139 Å². The molecule has 0 unspecified atom stereocenters. The van der Waals surface area contributed by atoms with E-state index in [4.69, 9.17) is 4.74 Å². The van der Waals surface area contributed by atoms with Crippen LogP contribution in [-0.2, 0) is 4.74 Å². The van der Waals surface area contributed by atoms with Crippen LogP contribution in [0.25, 0.3) is 11.1 Å². The van der Waals surface area contributed by atoms with E-state index in [1.54, 1.807) is 0 Å². The Hall–Kier alpha value is -1.64. The lowest BCUT2D eigenvalue weighted by Crippen LogP contribution is -2.37. The standard InChI is InChI=1S/C21H25NO/c1-2-23-15-16-11-13-22(14-12-16)21-19-9-5-3-7-17(19)18-8-4-6-10-20(18)21/h3-10,16,21H,2,11-15H2,1H3. The molecule has 1 fully saturated rings. The molecule has 0 spiro atoms. The molecule has 120 valence electrons. The molecule has 1 aliphatic carbocycles. The molecule has 0 N–H and O–H groups in total. The smallest absolute Gasteiger partial charge is 0.0614 e. The van der Waals surface area contributed by atoms with Crippen molar-refractivity contribution in [2.75, 3.05) is 26.3 Å². The van der Waals surface area contributed by atoms with Crippen molar-refractivity contribution >= 4 is 0 Å². The van der Waals surface area contributed by atoms with Gasteiger partial charge in [-0.3, -0.25) is 4.90 Å². The maximum atomic E-state index is 5.63. The van der Waals surface area contributed by atoms with Gasteiger partial charge in [-0.2, -0.15) is 0 Å². The number of benzene rings is 2. The number of piperidine rings is 1. The zero-order valence-corrected chi connectivity index (χ0v) is 13.9. The van der Waals surface area contributed by atoms with Crippen molar-refractivity contribution in [1.29, 1.82) is 0 Å². The van der Waals surface area contributed by atoms with Crippen molar-refractivity contribution < 1.29 is 4.74 Å². The van der Waals surface area contributed by atoms with Gasteiger partial charge >= 0.3 is 0 Å². The first-order valence-corrected chi connectivity index (χ1v) is 8.88. The molecule has 0 aromatic heterocycles. The predicted octanol–water partition coefficient (Wildman–Crippen LogP) is 4.50. The van der Waals surface area contributed by atoms with Crippen LogP contribution in [0.15, 0.2) is 48.5 Å². The van der Waals surface area contributed by atoms with E-state index in [0.29, 0.717) is 6.04 Å². The molecule has 1 saturated heterocycles. The maximum absolute atomic E-state index is 5.63. The van der Waals surface area contributed by atoms with E-state index < -0.39 is 0 Å². The van der Waals surface area contributed by atoms with Crippen molar-refractivity contribution in [1.82, 2.24) is 4.90 Å². The second kappa shape index (κ2) is 6.46. The summed E-state index contributed by atoms with van der Waals surface area (Å²) in [5.74, 6) is 0.734. The topological polar surface area (TPSA) is 12.5 Å². The number of nitrogens with zero attached hydrogens (tertiary/aromatic N) is 1. The first-order valence-electron chi connectivity index (χ1n) is 8.88. The molecule has 0 amide bonds. The van der Waals surface area contributed by atoms with E-state index in [1.807, 2.05) is 0 Å². The summed E-state index contributed by atoms with van der Waals surface area (Å²) in [6, 6.07) is 18.3. The molecule has 0 bridgehead atoms. The van der Waals surface area contributed by atoms with Crippen molar-refractivity contribution in [2.45, 2.75) is 25.8 Å². The summed E-state index contributed by atoms with van der Waals surface area (Å²) in [4.78, 5) is 2.67. The lowest BCUT2D eigenvalue weighted by atomic mass is 9.94. The number of fused-ring (bicyclic) bond motifs is 3. The van der Waals surface area contributed by atoms with Crippen LogP contribution in [0.5, 0.6) is 0 Å². The number of rotatable bonds is 4. The maximum Gasteiger partial charge on any atom is 0.0614 e. The van der Waals surface area contributed by atoms with Crippen LogP contribution >= 0.6 is 0 Å². The number of hydrogen-bond donors (Lipinski definition) is 0. The highest BCUT2D eigenvalue weighted by atomic mass is 16.5. The Morgan fingerprint density at radius 2 is 1.48 bits per heavy atom. The molecule has 2 nitrogen and oxygen atoms in total.